The largest absolute Gasteiger partial charge is 0.349 e. The second kappa shape index (κ2) is 7.96. The number of hydrogen-bond donors (Lipinski definition) is 2. The fraction of sp³-hybridized carbons (Fsp3) is 0.909. The molecular formula is C11H25ClN2O3S. The SMILES string of the molecule is CCCS(=O)(=O)CC(=O)NC(C)(CN)C(C)C.Cl. The van der Waals surface area contributed by atoms with E-state index in [-0.39, 0.29) is 30.6 Å². The molecule has 0 aromatic rings. The summed E-state index contributed by atoms with van der Waals surface area (Å²) in [6.45, 7) is 7.75. The van der Waals surface area contributed by atoms with E-state index in [1.165, 1.54) is 0 Å². The number of nitrogens with two attached hydrogens (primary N) is 1. The Labute approximate surface area is 116 Å². The Morgan fingerprint density at radius 1 is 1.39 bits per heavy atom. The van der Waals surface area contributed by atoms with Crippen molar-refractivity contribution >= 4 is 28.2 Å². The summed E-state index contributed by atoms with van der Waals surface area (Å²) >= 11 is 0. The van der Waals surface area contributed by atoms with Gasteiger partial charge in [0.2, 0.25) is 5.91 Å². The van der Waals surface area contributed by atoms with Crippen LogP contribution in [-0.2, 0) is 14.6 Å². The molecule has 0 bridgehead atoms. The number of carbonyl (C=O) groups is 1. The van der Waals surface area contributed by atoms with Gasteiger partial charge >= 0.3 is 0 Å². The molecule has 0 rings (SSSR count). The van der Waals surface area contributed by atoms with Gasteiger partial charge in [0.1, 0.15) is 5.75 Å². The van der Waals surface area contributed by atoms with Gasteiger partial charge in [-0.3, -0.25) is 4.79 Å². The predicted octanol–water partition coefficient (Wildman–Crippen LogP) is 0.723. The highest BCUT2D eigenvalue weighted by atomic mass is 35.5. The first-order chi connectivity index (χ1) is 7.67. The van der Waals surface area contributed by atoms with Gasteiger partial charge in [-0.05, 0) is 19.3 Å². The van der Waals surface area contributed by atoms with E-state index in [9.17, 15) is 13.2 Å². The summed E-state index contributed by atoms with van der Waals surface area (Å²) in [7, 11) is -3.29. The molecule has 0 aromatic heterocycles. The minimum atomic E-state index is -3.29. The predicted molar refractivity (Wildman–Crippen MR) is 76.6 cm³/mol. The maximum absolute atomic E-state index is 11.7. The van der Waals surface area contributed by atoms with Crippen molar-refractivity contribution in [1.29, 1.82) is 0 Å². The van der Waals surface area contributed by atoms with Crippen LogP contribution in [0.5, 0.6) is 0 Å². The van der Waals surface area contributed by atoms with E-state index in [0.717, 1.165) is 0 Å². The van der Waals surface area contributed by atoms with Crippen LogP contribution in [0.1, 0.15) is 34.1 Å². The number of amides is 1. The van der Waals surface area contributed by atoms with Crippen LogP contribution < -0.4 is 11.1 Å². The monoisotopic (exact) mass is 300 g/mol. The lowest BCUT2D eigenvalue weighted by Crippen LogP contribution is -2.56. The molecule has 0 heterocycles. The molecular weight excluding hydrogens is 276 g/mol. The van der Waals surface area contributed by atoms with Crippen LogP contribution in [0.15, 0.2) is 0 Å². The highest BCUT2D eigenvalue weighted by Gasteiger charge is 2.29. The van der Waals surface area contributed by atoms with Crippen LogP contribution in [0.2, 0.25) is 0 Å². The van der Waals surface area contributed by atoms with E-state index >= 15 is 0 Å². The fourth-order valence-corrected chi connectivity index (χ4v) is 2.61. The third-order valence-corrected chi connectivity index (χ3v) is 4.72. The summed E-state index contributed by atoms with van der Waals surface area (Å²) in [6.07, 6.45) is 0.522. The first-order valence-electron chi connectivity index (χ1n) is 5.88. The Morgan fingerprint density at radius 3 is 2.22 bits per heavy atom. The smallest absolute Gasteiger partial charge is 0.235 e. The molecule has 7 heteroatoms. The molecule has 0 radical (unpaired) electrons. The minimum Gasteiger partial charge on any atom is -0.349 e. The molecule has 0 aliphatic heterocycles. The number of halogens is 1. The summed E-state index contributed by atoms with van der Waals surface area (Å²) in [4.78, 5) is 11.7. The standard InChI is InChI=1S/C11H24N2O3S.ClH/c1-5-6-17(15,16)7-10(14)13-11(4,8-12)9(2)3;/h9H,5-8,12H2,1-4H3,(H,13,14);1H. The van der Waals surface area contributed by atoms with Crippen LogP contribution in [0.3, 0.4) is 0 Å². The second-order valence-corrected chi connectivity index (χ2v) is 7.10. The van der Waals surface area contributed by atoms with Gasteiger partial charge in [-0.15, -0.1) is 12.4 Å². The maximum Gasteiger partial charge on any atom is 0.235 e. The van der Waals surface area contributed by atoms with Crippen molar-refractivity contribution in [2.75, 3.05) is 18.1 Å². The Balaban J connectivity index is 0. The molecule has 18 heavy (non-hydrogen) atoms. The third kappa shape index (κ3) is 6.56. The van der Waals surface area contributed by atoms with Gasteiger partial charge in [0.15, 0.2) is 9.84 Å². The Bertz CT molecular complexity index is 357. The summed E-state index contributed by atoms with van der Waals surface area (Å²) in [6, 6.07) is 0. The molecule has 1 amide bonds. The van der Waals surface area contributed by atoms with Crippen molar-refractivity contribution in [3.63, 3.8) is 0 Å². The van der Waals surface area contributed by atoms with E-state index in [1.54, 1.807) is 6.92 Å². The summed E-state index contributed by atoms with van der Waals surface area (Å²) in [5.41, 5.74) is 5.06. The zero-order chi connectivity index (χ0) is 13.7. The number of carbonyl (C=O) groups excluding carboxylic acids is 1. The Hall–Kier alpha value is -0.330. The van der Waals surface area contributed by atoms with Gasteiger partial charge in [0.25, 0.3) is 0 Å². The topological polar surface area (TPSA) is 89.3 Å². The molecule has 0 saturated carbocycles. The zero-order valence-electron chi connectivity index (χ0n) is 11.5. The lowest BCUT2D eigenvalue weighted by atomic mass is 9.88. The second-order valence-electron chi connectivity index (χ2n) is 4.92. The van der Waals surface area contributed by atoms with Crippen molar-refractivity contribution in [2.24, 2.45) is 11.7 Å². The quantitative estimate of drug-likeness (QED) is 0.725. The van der Waals surface area contributed by atoms with Gasteiger partial charge in [-0.2, -0.15) is 0 Å². The van der Waals surface area contributed by atoms with Crippen LogP contribution >= 0.6 is 12.4 Å². The summed E-state index contributed by atoms with van der Waals surface area (Å²) < 4.78 is 23.0. The van der Waals surface area contributed by atoms with Crippen LogP contribution in [0, 0.1) is 5.92 Å². The molecule has 0 fully saturated rings. The molecule has 0 aliphatic rings. The molecule has 1 atom stereocenters. The summed E-state index contributed by atoms with van der Waals surface area (Å²) in [5.74, 6) is -0.740. The van der Waals surface area contributed by atoms with Crippen LogP contribution in [0.25, 0.3) is 0 Å². The van der Waals surface area contributed by atoms with Gasteiger partial charge in [0, 0.05) is 6.54 Å². The van der Waals surface area contributed by atoms with E-state index in [1.807, 2.05) is 20.8 Å². The van der Waals surface area contributed by atoms with Gasteiger partial charge < -0.3 is 11.1 Å². The highest BCUT2D eigenvalue weighted by molar-refractivity contribution is 7.92. The lowest BCUT2D eigenvalue weighted by Gasteiger charge is -2.33. The molecule has 3 N–H and O–H groups in total. The molecule has 0 aliphatic carbocycles. The first kappa shape index (κ1) is 20.0. The maximum atomic E-state index is 11.7. The molecule has 0 saturated heterocycles. The normalized spacial score (nSPS) is 14.8. The lowest BCUT2D eigenvalue weighted by molar-refractivity contribution is -0.120. The van der Waals surface area contributed by atoms with E-state index < -0.39 is 27.0 Å². The number of hydrogen-bond acceptors (Lipinski definition) is 4. The summed E-state index contributed by atoms with van der Waals surface area (Å²) in [5, 5.41) is 2.71. The number of nitrogens with one attached hydrogen (secondary N) is 1. The molecule has 0 aromatic carbocycles. The van der Waals surface area contributed by atoms with Crippen molar-refractivity contribution < 1.29 is 13.2 Å². The van der Waals surface area contributed by atoms with Crippen molar-refractivity contribution in [3.8, 4) is 0 Å². The van der Waals surface area contributed by atoms with Gasteiger partial charge in [0.05, 0.1) is 11.3 Å². The first-order valence-corrected chi connectivity index (χ1v) is 7.70. The van der Waals surface area contributed by atoms with Gasteiger partial charge in [-0.25, -0.2) is 8.42 Å². The van der Waals surface area contributed by atoms with Crippen LogP contribution in [0.4, 0.5) is 0 Å². The van der Waals surface area contributed by atoms with E-state index in [4.69, 9.17) is 5.73 Å². The van der Waals surface area contributed by atoms with Gasteiger partial charge in [-0.1, -0.05) is 20.8 Å². The Morgan fingerprint density at radius 2 is 1.89 bits per heavy atom. The van der Waals surface area contributed by atoms with Crippen molar-refractivity contribution in [3.05, 3.63) is 0 Å². The fourth-order valence-electron chi connectivity index (χ4n) is 1.37. The van der Waals surface area contributed by atoms with E-state index in [2.05, 4.69) is 5.32 Å². The molecule has 110 valence electrons. The van der Waals surface area contributed by atoms with Crippen molar-refractivity contribution in [1.82, 2.24) is 5.32 Å². The van der Waals surface area contributed by atoms with Crippen LogP contribution in [-0.4, -0.2) is 37.9 Å². The average molecular weight is 301 g/mol. The van der Waals surface area contributed by atoms with Crippen molar-refractivity contribution in [2.45, 2.75) is 39.7 Å². The van der Waals surface area contributed by atoms with E-state index in [0.29, 0.717) is 6.42 Å². The highest BCUT2D eigenvalue weighted by Crippen LogP contribution is 2.14. The molecule has 1 unspecified atom stereocenters. The number of sulfone groups is 1. The minimum absolute atomic E-state index is 0. The number of rotatable bonds is 7. The zero-order valence-corrected chi connectivity index (χ0v) is 13.2. The average Bonchev–Trinajstić information content (AvgIpc) is 2.15. The molecule has 0 spiro atoms. The molecule has 5 nitrogen and oxygen atoms in total. The third-order valence-electron chi connectivity index (χ3n) is 2.99. The Kier molecular flexibility index (Phi) is 8.85.